The van der Waals surface area contributed by atoms with Crippen LogP contribution in [0.3, 0.4) is 0 Å². The minimum absolute atomic E-state index is 0.234. The van der Waals surface area contributed by atoms with Gasteiger partial charge < -0.3 is 0 Å². The van der Waals surface area contributed by atoms with Crippen molar-refractivity contribution in [2.45, 2.75) is 18.3 Å². The second-order valence-electron chi connectivity index (χ2n) is 8.72. The molecule has 0 aromatic heterocycles. The van der Waals surface area contributed by atoms with E-state index in [-0.39, 0.29) is 5.41 Å². The Bertz CT molecular complexity index is 1500. The minimum atomic E-state index is 0.234. The molecule has 7 rings (SSSR count). The maximum atomic E-state index is 3.59. The van der Waals surface area contributed by atoms with Gasteiger partial charge in [-0.2, -0.15) is 0 Å². The zero-order chi connectivity index (χ0) is 19.9. The van der Waals surface area contributed by atoms with Crippen LogP contribution in [-0.4, -0.2) is 0 Å². The number of benzene rings is 5. The van der Waals surface area contributed by atoms with E-state index >= 15 is 0 Å². The highest BCUT2D eigenvalue weighted by molar-refractivity contribution is 9.10. The van der Waals surface area contributed by atoms with Crippen LogP contribution < -0.4 is 0 Å². The van der Waals surface area contributed by atoms with Gasteiger partial charge in [-0.3, -0.25) is 0 Å². The molecule has 0 N–H and O–H groups in total. The number of halogens is 1. The molecule has 0 unspecified atom stereocenters. The first kappa shape index (κ1) is 16.8. The first-order chi connectivity index (χ1) is 14.7. The van der Waals surface area contributed by atoms with Gasteiger partial charge in [-0.05, 0) is 86.0 Å². The zero-order valence-electron chi connectivity index (χ0n) is 16.5. The lowest BCUT2D eigenvalue weighted by molar-refractivity contribution is 0.853. The third-order valence-electron chi connectivity index (χ3n) is 7.15. The SMILES string of the molecule is Brc1ccc2cc(-c3ccc4c5c(cccc35)C3(CC3)c3ccccc3-4)ccc2c1. The third-order valence-corrected chi connectivity index (χ3v) is 7.65. The second-order valence-corrected chi connectivity index (χ2v) is 9.64. The molecule has 0 heterocycles. The molecule has 0 amide bonds. The van der Waals surface area contributed by atoms with E-state index in [9.17, 15) is 0 Å². The van der Waals surface area contributed by atoms with Crippen molar-refractivity contribution in [2.75, 3.05) is 0 Å². The molecule has 0 saturated heterocycles. The first-order valence-electron chi connectivity index (χ1n) is 10.6. The predicted octanol–water partition coefficient (Wildman–Crippen LogP) is 8.48. The topological polar surface area (TPSA) is 0 Å². The molecule has 5 aromatic carbocycles. The van der Waals surface area contributed by atoms with Gasteiger partial charge in [-0.15, -0.1) is 0 Å². The molecule has 0 aliphatic heterocycles. The van der Waals surface area contributed by atoms with Gasteiger partial charge in [-0.1, -0.05) is 88.7 Å². The zero-order valence-corrected chi connectivity index (χ0v) is 18.0. The average Bonchev–Trinajstić information content (AvgIpc) is 3.58. The van der Waals surface area contributed by atoms with Crippen molar-refractivity contribution in [1.82, 2.24) is 0 Å². The molecule has 2 aliphatic carbocycles. The summed E-state index contributed by atoms with van der Waals surface area (Å²) in [7, 11) is 0. The predicted molar refractivity (Wildman–Crippen MR) is 130 cm³/mol. The smallest absolute Gasteiger partial charge is 0.0216 e. The van der Waals surface area contributed by atoms with Crippen LogP contribution in [0.4, 0.5) is 0 Å². The highest BCUT2D eigenvalue weighted by Crippen LogP contribution is 2.61. The number of hydrogen-bond donors (Lipinski definition) is 0. The van der Waals surface area contributed by atoms with E-state index in [4.69, 9.17) is 0 Å². The summed E-state index contributed by atoms with van der Waals surface area (Å²) in [6.07, 6.45) is 2.52. The van der Waals surface area contributed by atoms with E-state index in [0.29, 0.717) is 0 Å². The van der Waals surface area contributed by atoms with E-state index in [0.717, 1.165) is 4.47 Å². The van der Waals surface area contributed by atoms with E-state index in [2.05, 4.69) is 107 Å². The van der Waals surface area contributed by atoms with Crippen LogP contribution in [0.2, 0.25) is 0 Å². The van der Waals surface area contributed by atoms with Crippen LogP contribution in [-0.2, 0) is 5.41 Å². The molecule has 0 radical (unpaired) electrons. The number of rotatable bonds is 1. The summed E-state index contributed by atoms with van der Waals surface area (Å²) in [4.78, 5) is 0. The van der Waals surface area contributed by atoms with Gasteiger partial charge in [0.1, 0.15) is 0 Å². The Morgan fingerprint density at radius 1 is 0.600 bits per heavy atom. The van der Waals surface area contributed by atoms with Gasteiger partial charge in [0, 0.05) is 9.89 Å². The van der Waals surface area contributed by atoms with Gasteiger partial charge in [-0.25, -0.2) is 0 Å². The molecule has 1 spiro atoms. The molecule has 2 aliphatic rings. The Kier molecular flexibility index (Phi) is 3.28. The van der Waals surface area contributed by atoms with E-state index < -0.39 is 0 Å². The van der Waals surface area contributed by atoms with Gasteiger partial charge in [0.25, 0.3) is 0 Å². The summed E-state index contributed by atoms with van der Waals surface area (Å²) in [6.45, 7) is 0. The lowest BCUT2D eigenvalue weighted by atomic mass is 9.74. The molecule has 30 heavy (non-hydrogen) atoms. The quantitative estimate of drug-likeness (QED) is 0.242. The molecule has 0 nitrogen and oxygen atoms in total. The van der Waals surface area contributed by atoms with Crippen molar-refractivity contribution in [2.24, 2.45) is 0 Å². The maximum absolute atomic E-state index is 3.59. The van der Waals surface area contributed by atoms with Crippen molar-refractivity contribution in [3.8, 4) is 22.3 Å². The molecule has 0 bridgehead atoms. The van der Waals surface area contributed by atoms with Crippen molar-refractivity contribution in [3.63, 3.8) is 0 Å². The lowest BCUT2D eigenvalue weighted by Gasteiger charge is -2.29. The van der Waals surface area contributed by atoms with E-state index in [1.54, 1.807) is 0 Å². The molecule has 1 fully saturated rings. The molecule has 0 atom stereocenters. The van der Waals surface area contributed by atoms with Crippen LogP contribution in [0.5, 0.6) is 0 Å². The van der Waals surface area contributed by atoms with Crippen molar-refractivity contribution >= 4 is 37.5 Å². The van der Waals surface area contributed by atoms with Crippen LogP contribution in [0, 0.1) is 0 Å². The van der Waals surface area contributed by atoms with Gasteiger partial charge in [0.2, 0.25) is 0 Å². The summed E-state index contributed by atoms with van der Waals surface area (Å²) >= 11 is 3.59. The highest BCUT2D eigenvalue weighted by Gasteiger charge is 2.50. The number of hydrogen-bond acceptors (Lipinski definition) is 0. The average molecular weight is 447 g/mol. The minimum Gasteiger partial charge on any atom is -0.0619 e. The fraction of sp³-hybridized carbons (Fsp3) is 0.103. The largest absolute Gasteiger partial charge is 0.0619 e. The summed E-state index contributed by atoms with van der Waals surface area (Å²) in [6, 6.07) is 34.0. The molecular formula is C29H19Br. The molecular weight excluding hydrogens is 428 g/mol. The van der Waals surface area contributed by atoms with Crippen LogP contribution in [0.1, 0.15) is 24.0 Å². The Morgan fingerprint density at radius 3 is 2.27 bits per heavy atom. The van der Waals surface area contributed by atoms with Crippen molar-refractivity contribution in [3.05, 3.63) is 107 Å². The summed E-state index contributed by atoms with van der Waals surface area (Å²) in [5, 5.41) is 5.38. The summed E-state index contributed by atoms with van der Waals surface area (Å²) in [5.41, 5.74) is 8.72. The summed E-state index contributed by atoms with van der Waals surface area (Å²) < 4.78 is 1.12. The van der Waals surface area contributed by atoms with Gasteiger partial charge in [0.15, 0.2) is 0 Å². The maximum Gasteiger partial charge on any atom is 0.0216 e. The van der Waals surface area contributed by atoms with E-state index in [1.807, 2.05) is 0 Å². The Morgan fingerprint density at radius 2 is 1.37 bits per heavy atom. The Balaban J connectivity index is 1.54. The first-order valence-corrected chi connectivity index (χ1v) is 11.4. The standard InChI is InChI=1S/C29H19Br/c30-21-11-10-18-16-20(9-8-19(18)17-21)22-12-13-25-23-4-1-2-6-26(23)29(14-15-29)27-7-3-5-24(22)28(25)27/h1-13,16-17H,14-15H2. The lowest BCUT2D eigenvalue weighted by Crippen LogP contribution is -2.15. The van der Waals surface area contributed by atoms with Crippen molar-refractivity contribution in [1.29, 1.82) is 0 Å². The fourth-order valence-electron chi connectivity index (χ4n) is 5.61. The highest BCUT2D eigenvalue weighted by atomic mass is 79.9. The van der Waals surface area contributed by atoms with Crippen LogP contribution >= 0.6 is 15.9 Å². The van der Waals surface area contributed by atoms with Crippen LogP contribution in [0.15, 0.2) is 95.5 Å². The van der Waals surface area contributed by atoms with E-state index in [1.165, 1.54) is 67.8 Å². The molecule has 5 aromatic rings. The monoisotopic (exact) mass is 446 g/mol. The molecule has 1 heteroatoms. The molecule has 1 saturated carbocycles. The van der Waals surface area contributed by atoms with Gasteiger partial charge >= 0.3 is 0 Å². The fourth-order valence-corrected chi connectivity index (χ4v) is 5.99. The third kappa shape index (κ3) is 2.16. The molecule has 142 valence electrons. The summed E-state index contributed by atoms with van der Waals surface area (Å²) in [5.74, 6) is 0. The Labute approximate surface area is 184 Å². The van der Waals surface area contributed by atoms with Crippen molar-refractivity contribution < 1.29 is 0 Å². The van der Waals surface area contributed by atoms with Crippen LogP contribution in [0.25, 0.3) is 43.8 Å². The number of fused-ring (bicyclic) bond motifs is 5. The second kappa shape index (κ2) is 5.83. The Hall–Kier alpha value is -2.90. The normalized spacial score (nSPS) is 15.5. The van der Waals surface area contributed by atoms with Gasteiger partial charge in [0.05, 0.1) is 0 Å².